The van der Waals surface area contributed by atoms with Crippen LogP contribution < -0.4 is 5.32 Å². The average Bonchev–Trinajstić information content (AvgIpc) is 2.32. The van der Waals surface area contributed by atoms with E-state index in [1.165, 1.54) is 19.3 Å². The second-order valence-corrected chi connectivity index (χ2v) is 6.70. The third-order valence-corrected chi connectivity index (χ3v) is 4.34. The third kappa shape index (κ3) is 7.27. The van der Waals surface area contributed by atoms with Gasteiger partial charge in [-0.3, -0.25) is 4.79 Å². The van der Waals surface area contributed by atoms with Crippen molar-refractivity contribution in [2.24, 2.45) is 0 Å². The predicted molar refractivity (Wildman–Crippen MR) is 80.4 cm³/mol. The monoisotopic (exact) mass is 275 g/mol. The van der Waals surface area contributed by atoms with Crippen molar-refractivity contribution >= 4 is 17.7 Å². The van der Waals surface area contributed by atoms with Gasteiger partial charge in [-0.15, -0.1) is 0 Å². The van der Waals surface area contributed by atoms with E-state index in [0.29, 0.717) is 11.7 Å². The minimum absolute atomic E-state index is 0.382. The zero-order valence-electron chi connectivity index (χ0n) is 12.3. The summed E-state index contributed by atoms with van der Waals surface area (Å²) in [5.74, 6) is 0.398. The Bertz CT molecular complexity index is 236. The highest BCUT2D eigenvalue weighted by atomic mass is 32.2. The van der Waals surface area contributed by atoms with E-state index in [9.17, 15) is 9.90 Å². The van der Waals surface area contributed by atoms with Crippen molar-refractivity contribution in [2.45, 2.75) is 70.6 Å². The van der Waals surface area contributed by atoms with E-state index in [1.54, 1.807) is 6.92 Å². The minimum Gasteiger partial charge on any atom is -0.480 e. The molecule has 0 rings (SSSR count). The quantitative estimate of drug-likeness (QED) is 0.566. The maximum atomic E-state index is 11.4. The Labute approximate surface area is 116 Å². The van der Waals surface area contributed by atoms with Crippen molar-refractivity contribution in [1.82, 2.24) is 5.32 Å². The van der Waals surface area contributed by atoms with Crippen molar-refractivity contribution in [3.05, 3.63) is 0 Å². The van der Waals surface area contributed by atoms with E-state index < -0.39 is 11.5 Å². The lowest BCUT2D eigenvalue weighted by atomic mass is 9.96. The largest absolute Gasteiger partial charge is 0.480 e. The fourth-order valence-corrected chi connectivity index (χ4v) is 3.13. The molecule has 0 aromatic heterocycles. The molecule has 3 nitrogen and oxygen atoms in total. The van der Waals surface area contributed by atoms with Gasteiger partial charge < -0.3 is 10.4 Å². The molecule has 0 aliphatic heterocycles. The number of hydrogen-bond acceptors (Lipinski definition) is 3. The van der Waals surface area contributed by atoms with Crippen molar-refractivity contribution in [3.8, 4) is 0 Å². The lowest BCUT2D eigenvalue weighted by Crippen LogP contribution is -2.51. The van der Waals surface area contributed by atoms with E-state index in [2.05, 4.69) is 26.1 Å². The molecule has 0 bridgehead atoms. The molecule has 0 aliphatic carbocycles. The number of aliphatic carboxylic acids is 1. The number of carboxylic acids is 1. The SMILES string of the molecule is CCCCCSC(C)CC(C)(NCCC)C(=O)O. The summed E-state index contributed by atoms with van der Waals surface area (Å²) in [6, 6.07) is 0. The molecule has 0 radical (unpaired) electrons. The van der Waals surface area contributed by atoms with Crippen LogP contribution in [0.15, 0.2) is 0 Å². The normalized spacial score (nSPS) is 16.2. The molecule has 0 saturated carbocycles. The maximum absolute atomic E-state index is 11.4. The first-order valence-electron chi connectivity index (χ1n) is 7.06. The molecule has 0 aromatic carbocycles. The lowest BCUT2D eigenvalue weighted by molar-refractivity contribution is -0.144. The van der Waals surface area contributed by atoms with E-state index >= 15 is 0 Å². The number of unbranched alkanes of at least 4 members (excludes halogenated alkanes) is 2. The van der Waals surface area contributed by atoms with Gasteiger partial charge in [-0.1, -0.05) is 33.6 Å². The smallest absolute Gasteiger partial charge is 0.323 e. The van der Waals surface area contributed by atoms with Gasteiger partial charge in [0.25, 0.3) is 0 Å². The van der Waals surface area contributed by atoms with Crippen molar-refractivity contribution in [2.75, 3.05) is 12.3 Å². The molecule has 0 amide bonds. The second-order valence-electron chi connectivity index (χ2n) is 5.16. The van der Waals surface area contributed by atoms with Crippen LogP contribution in [-0.2, 0) is 4.79 Å². The van der Waals surface area contributed by atoms with Crippen LogP contribution in [-0.4, -0.2) is 34.2 Å². The van der Waals surface area contributed by atoms with Crippen LogP contribution in [0.4, 0.5) is 0 Å². The number of carboxylic acid groups (broad SMARTS) is 1. The summed E-state index contributed by atoms with van der Waals surface area (Å²) in [5.41, 5.74) is -0.785. The van der Waals surface area contributed by atoms with Crippen LogP contribution in [0.1, 0.15) is 59.8 Å². The molecule has 2 unspecified atom stereocenters. The number of nitrogens with one attached hydrogen (secondary N) is 1. The van der Waals surface area contributed by atoms with Gasteiger partial charge in [-0.05, 0) is 38.5 Å². The van der Waals surface area contributed by atoms with Crippen molar-refractivity contribution < 1.29 is 9.90 Å². The molecule has 0 aromatic rings. The number of rotatable bonds is 11. The molecule has 18 heavy (non-hydrogen) atoms. The zero-order chi connectivity index (χ0) is 14.0. The lowest BCUT2D eigenvalue weighted by Gasteiger charge is -2.29. The van der Waals surface area contributed by atoms with Crippen LogP contribution in [0.5, 0.6) is 0 Å². The summed E-state index contributed by atoms with van der Waals surface area (Å²) in [6.07, 6.45) is 5.38. The van der Waals surface area contributed by atoms with E-state index in [0.717, 1.165) is 18.7 Å². The Hall–Kier alpha value is -0.220. The summed E-state index contributed by atoms with van der Waals surface area (Å²) >= 11 is 1.89. The molecule has 2 N–H and O–H groups in total. The first-order chi connectivity index (χ1) is 8.46. The summed E-state index contributed by atoms with van der Waals surface area (Å²) in [5, 5.41) is 12.9. The highest BCUT2D eigenvalue weighted by Gasteiger charge is 2.33. The molecular formula is C14H29NO2S. The summed E-state index contributed by atoms with van der Waals surface area (Å²) < 4.78 is 0. The van der Waals surface area contributed by atoms with Gasteiger partial charge in [0.1, 0.15) is 5.54 Å². The van der Waals surface area contributed by atoms with Crippen molar-refractivity contribution in [3.63, 3.8) is 0 Å². The van der Waals surface area contributed by atoms with Gasteiger partial charge in [0, 0.05) is 5.25 Å². The fourth-order valence-electron chi connectivity index (χ4n) is 1.91. The Morgan fingerprint density at radius 3 is 2.50 bits per heavy atom. The number of thioether (sulfide) groups is 1. The second kappa shape index (κ2) is 9.68. The van der Waals surface area contributed by atoms with Crippen LogP contribution in [0.25, 0.3) is 0 Å². The highest BCUT2D eigenvalue weighted by Crippen LogP contribution is 2.23. The van der Waals surface area contributed by atoms with Gasteiger partial charge in [-0.2, -0.15) is 11.8 Å². The topological polar surface area (TPSA) is 49.3 Å². The van der Waals surface area contributed by atoms with Crippen LogP contribution >= 0.6 is 11.8 Å². The zero-order valence-corrected chi connectivity index (χ0v) is 13.1. The molecule has 0 saturated heterocycles. The molecule has 4 heteroatoms. The fraction of sp³-hybridized carbons (Fsp3) is 0.929. The Morgan fingerprint density at radius 1 is 1.33 bits per heavy atom. The van der Waals surface area contributed by atoms with E-state index in [4.69, 9.17) is 0 Å². The standard InChI is InChI=1S/C14H29NO2S/c1-5-7-8-10-18-12(3)11-14(4,13(16)17)15-9-6-2/h12,15H,5-11H2,1-4H3,(H,16,17). The molecule has 108 valence electrons. The van der Waals surface area contributed by atoms with Gasteiger partial charge in [0.05, 0.1) is 0 Å². The number of carbonyl (C=O) groups is 1. The van der Waals surface area contributed by atoms with Crippen LogP contribution in [0, 0.1) is 0 Å². The molecular weight excluding hydrogens is 246 g/mol. The molecule has 0 spiro atoms. The molecule has 0 aliphatic rings. The summed E-state index contributed by atoms with van der Waals surface area (Å²) in [7, 11) is 0. The van der Waals surface area contributed by atoms with Gasteiger partial charge in [0.15, 0.2) is 0 Å². The Kier molecular flexibility index (Phi) is 9.56. The molecule has 0 heterocycles. The molecule has 2 atom stereocenters. The number of hydrogen-bond donors (Lipinski definition) is 2. The van der Waals surface area contributed by atoms with Crippen LogP contribution in [0.2, 0.25) is 0 Å². The predicted octanol–water partition coefficient (Wildman–Crippen LogP) is 3.53. The van der Waals surface area contributed by atoms with Crippen LogP contribution in [0.3, 0.4) is 0 Å². The van der Waals surface area contributed by atoms with Gasteiger partial charge in [-0.25, -0.2) is 0 Å². The molecule has 0 fully saturated rings. The van der Waals surface area contributed by atoms with Gasteiger partial charge in [0.2, 0.25) is 0 Å². The van der Waals surface area contributed by atoms with Crippen molar-refractivity contribution in [1.29, 1.82) is 0 Å². The summed E-state index contributed by atoms with van der Waals surface area (Å²) in [4.78, 5) is 11.4. The van der Waals surface area contributed by atoms with E-state index in [1.807, 2.05) is 11.8 Å². The third-order valence-electron chi connectivity index (χ3n) is 3.08. The maximum Gasteiger partial charge on any atom is 0.323 e. The Balaban J connectivity index is 4.10. The first kappa shape index (κ1) is 17.8. The summed E-state index contributed by atoms with van der Waals surface area (Å²) in [6.45, 7) is 8.94. The minimum atomic E-state index is -0.785. The first-order valence-corrected chi connectivity index (χ1v) is 8.11. The Morgan fingerprint density at radius 2 is 2.00 bits per heavy atom. The average molecular weight is 275 g/mol. The highest BCUT2D eigenvalue weighted by molar-refractivity contribution is 7.99. The van der Waals surface area contributed by atoms with Gasteiger partial charge >= 0.3 is 5.97 Å². The van der Waals surface area contributed by atoms with E-state index in [-0.39, 0.29) is 0 Å².